The smallest absolute Gasteiger partial charge is 0.351 e. The molecule has 11 amide bonds. The Hall–Kier alpha value is -6.53. The van der Waals surface area contributed by atoms with Crippen molar-refractivity contribution < 1.29 is 65.9 Å². The molecule has 4 N–H and O–H groups in total. The van der Waals surface area contributed by atoms with Gasteiger partial charge in [0.25, 0.3) is 0 Å². The molecule has 4 rings (SSSR count). The second kappa shape index (κ2) is 32.3. The summed E-state index contributed by atoms with van der Waals surface area (Å²) < 4.78 is 41.1. The van der Waals surface area contributed by atoms with E-state index >= 15 is 0 Å². The van der Waals surface area contributed by atoms with Gasteiger partial charge in [-0.05, 0) is 101 Å². The van der Waals surface area contributed by atoms with Crippen molar-refractivity contribution in [3.63, 3.8) is 0 Å². The van der Waals surface area contributed by atoms with E-state index in [1.807, 2.05) is 20.8 Å². The van der Waals surface area contributed by atoms with E-state index in [1.165, 1.54) is 81.8 Å². The number of nitrogens with one attached hydrogen (secondary N) is 4. The molecule has 2 aliphatic heterocycles. The number of alkyl halides is 3. The number of carbonyl (C=O) groups is 11. The largest absolute Gasteiger partial charge is 0.417 e. The topological polar surface area (TPSA) is 259 Å². The molecular weight excluding hydrogens is 1170 g/mol. The van der Waals surface area contributed by atoms with Crippen LogP contribution in [0.5, 0.6) is 0 Å². The van der Waals surface area contributed by atoms with Crippen molar-refractivity contribution in [2.24, 2.45) is 23.7 Å². The molecule has 1 aliphatic carbocycles. The molecule has 88 heavy (non-hydrogen) atoms. The van der Waals surface area contributed by atoms with Crippen LogP contribution >= 0.6 is 11.6 Å². The Kier molecular flexibility index (Phi) is 27.1. The minimum absolute atomic E-state index is 0.0311. The average Bonchev–Trinajstić information content (AvgIpc) is 3.74. The summed E-state index contributed by atoms with van der Waals surface area (Å²) in [5.74, 6) is -8.16. The molecule has 0 radical (unpaired) electrons. The molecule has 3 fully saturated rings. The quantitative estimate of drug-likeness (QED) is 0.251. The zero-order valence-corrected chi connectivity index (χ0v) is 55.0. The van der Waals surface area contributed by atoms with E-state index in [0.717, 1.165) is 58.9 Å². The first kappa shape index (κ1) is 73.9. The molecule has 22 nitrogen and oxygen atoms in total. The summed E-state index contributed by atoms with van der Waals surface area (Å²) >= 11 is 6.08. The molecule has 1 unspecified atom stereocenters. The van der Waals surface area contributed by atoms with E-state index in [4.69, 9.17) is 11.6 Å². The molecule has 1 saturated carbocycles. The maximum absolute atomic E-state index is 14.8. The second-order valence-electron chi connectivity index (χ2n) is 25.9. The summed E-state index contributed by atoms with van der Waals surface area (Å²) in [5, 5.41) is 10.6. The normalized spacial score (nSPS) is 25.9. The van der Waals surface area contributed by atoms with Crippen LogP contribution in [-0.2, 0) is 65.3 Å². The molecule has 8 atom stereocenters. The number of nitrogens with zero attached hydrogens (tertiary/aromatic N) is 7. The van der Waals surface area contributed by atoms with Gasteiger partial charge in [-0.15, -0.1) is 0 Å². The van der Waals surface area contributed by atoms with E-state index < -0.39 is 161 Å². The molecule has 2 saturated heterocycles. The third-order valence-electron chi connectivity index (χ3n) is 17.4. The first-order chi connectivity index (χ1) is 40.9. The van der Waals surface area contributed by atoms with Crippen molar-refractivity contribution in [3.8, 4) is 0 Å². The molecule has 0 aromatic heterocycles. The number of aryl methyl sites for hydroxylation is 1. The maximum atomic E-state index is 14.8. The number of carbonyl (C=O) groups excluding carboxylic acids is 11. The molecule has 494 valence electrons. The van der Waals surface area contributed by atoms with Crippen molar-refractivity contribution >= 4 is 76.6 Å². The van der Waals surface area contributed by atoms with Crippen molar-refractivity contribution in [1.82, 2.24) is 55.6 Å². The fraction of sp³-hybridized carbons (Fsp3) is 0.726. The average molecular weight is 1260 g/mol. The molecular formula is C62H97ClF3N11O11. The highest BCUT2D eigenvalue weighted by molar-refractivity contribution is 6.31. The minimum Gasteiger partial charge on any atom is -0.351 e. The first-order valence-electron chi connectivity index (χ1n) is 30.8. The van der Waals surface area contributed by atoms with Gasteiger partial charge in [0.15, 0.2) is 0 Å². The standard InChI is InChI=1S/C62H97ClF3N11O11/c1-16-38(6)52-59(87)73(12)34-50(80)71(10)35-51(81)75(14)47(32-40-21-18-17-19-22-40)58(86)72(11)33-48(78)68-44(27-25-41-24-26-42(43(63)31-41)62(64,65)66)57(85)77-28-20-23-45(77)55(83)70-61(8,9)60(88)76(15)53(37(4)5)56(84)67-39(7)30-49(79)74(13)46(29-36(2)3)54(82)69-52/h24,26,31,36-40,44-47,52-53H,16-23,25,27-30,32-35H2,1-15H3,(H,67,84)(H,68,78)(H,69,82)(H,70,83)/t38-,39+,44-,45?,46-,47-,52-,53-/m0/s1. The first-order valence-corrected chi connectivity index (χ1v) is 31.2. The number of hydrogen-bond acceptors (Lipinski definition) is 11. The van der Waals surface area contributed by atoms with Gasteiger partial charge in [-0.25, -0.2) is 0 Å². The van der Waals surface area contributed by atoms with E-state index in [-0.39, 0.29) is 56.9 Å². The lowest BCUT2D eigenvalue weighted by molar-refractivity contribution is -0.149. The summed E-state index contributed by atoms with van der Waals surface area (Å²) in [5.41, 5.74) is -2.46. The van der Waals surface area contributed by atoms with Crippen LogP contribution in [0.1, 0.15) is 150 Å². The molecule has 1 aromatic rings. The third-order valence-corrected chi connectivity index (χ3v) is 17.7. The monoisotopic (exact) mass is 1260 g/mol. The lowest BCUT2D eigenvalue weighted by atomic mass is 9.84. The summed E-state index contributed by atoms with van der Waals surface area (Å²) in [6.07, 6.45) is 0.427. The Morgan fingerprint density at radius 2 is 1.27 bits per heavy atom. The van der Waals surface area contributed by atoms with Crippen LogP contribution < -0.4 is 21.3 Å². The van der Waals surface area contributed by atoms with Gasteiger partial charge in [-0.3, -0.25) is 52.7 Å². The number of fused-ring (bicyclic) bond motifs is 1. The van der Waals surface area contributed by atoms with Crippen LogP contribution in [0.25, 0.3) is 0 Å². The minimum atomic E-state index is -4.75. The lowest BCUT2D eigenvalue weighted by Gasteiger charge is -2.38. The predicted octanol–water partition coefficient (Wildman–Crippen LogP) is 4.63. The van der Waals surface area contributed by atoms with Gasteiger partial charge in [0.1, 0.15) is 41.8 Å². The molecule has 0 bridgehead atoms. The van der Waals surface area contributed by atoms with Crippen LogP contribution in [0.3, 0.4) is 0 Å². The molecule has 26 heteroatoms. The SMILES string of the molecule is CC[C@H](C)[C@@H]1NC(=O)[C@H](CC(C)C)N(C)C(=O)C[C@@H](C)NC(=O)[C@H](C(C)C)N(C)C(=O)C(C)(C)NC(=O)C2CCCN2C(=O)[C@H](CCc2ccc(C(F)(F)F)c(Cl)c2)NC(=O)CN(C)C(=O)[C@H](CC2CCCCC2)N(C)C(=O)CN(C)C(=O)CN(C)C1=O. The van der Waals surface area contributed by atoms with Crippen molar-refractivity contribution in [3.05, 3.63) is 34.3 Å². The Labute approximate surface area is 522 Å². The Bertz CT molecular complexity index is 2690. The number of hydrogen-bond donors (Lipinski definition) is 4. The molecule has 0 spiro atoms. The van der Waals surface area contributed by atoms with Gasteiger partial charge in [0.05, 0.1) is 30.2 Å². The summed E-state index contributed by atoms with van der Waals surface area (Å²) in [7, 11) is 8.44. The lowest BCUT2D eigenvalue weighted by Crippen LogP contribution is -2.63. The Balaban J connectivity index is 1.78. The van der Waals surface area contributed by atoms with E-state index in [0.29, 0.717) is 18.4 Å². The molecule has 2 heterocycles. The predicted molar refractivity (Wildman–Crippen MR) is 325 cm³/mol. The van der Waals surface area contributed by atoms with Crippen molar-refractivity contribution in [1.29, 1.82) is 0 Å². The van der Waals surface area contributed by atoms with Crippen LogP contribution in [0, 0.1) is 23.7 Å². The van der Waals surface area contributed by atoms with Crippen LogP contribution in [0.15, 0.2) is 18.2 Å². The number of rotatable bonds is 10. The fourth-order valence-electron chi connectivity index (χ4n) is 11.9. The number of halogens is 4. The highest BCUT2D eigenvalue weighted by atomic mass is 35.5. The van der Waals surface area contributed by atoms with Gasteiger partial charge < -0.3 is 55.6 Å². The molecule has 1 aromatic carbocycles. The van der Waals surface area contributed by atoms with Gasteiger partial charge in [-0.2, -0.15) is 13.2 Å². The Morgan fingerprint density at radius 3 is 1.85 bits per heavy atom. The number of amides is 11. The number of benzene rings is 1. The van der Waals surface area contributed by atoms with Crippen LogP contribution in [-0.4, -0.2) is 216 Å². The highest BCUT2D eigenvalue weighted by Crippen LogP contribution is 2.36. The van der Waals surface area contributed by atoms with E-state index in [1.54, 1.807) is 27.7 Å². The maximum Gasteiger partial charge on any atom is 0.417 e. The number of likely N-dealkylation sites (N-methyl/N-ethyl adjacent to an activating group) is 6. The highest BCUT2D eigenvalue weighted by Gasteiger charge is 2.45. The zero-order valence-electron chi connectivity index (χ0n) is 54.2. The van der Waals surface area contributed by atoms with Gasteiger partial charge in [0.2, 0.25) is 65.0 Å². The Morgan fingerprint density at radius 1 is 0.670 bits per heavy atom. The zero-order chi connectivity index (χ0) is 66.4. The van der Waals surface area contributed by atoms with Gasteiger partial charge in [-0.1, -0.05) is 97.7 Å². The van der Waals surface area contributed by atoms with Crippen LogP contribution in [0.4, 0.5) is 13.2 Å². The van der Waals surface area contributed by atoms with E-state index in [2.05, 4.69) is 21.3 Å². The summed E-state index contributed by atoms with van der Waals surface area (Å²) in [6.45, 7) is 13.7. The molecule has 3 aliphatic rings. The van der Waals surface area contributed by atoms with Gasteiger partial charge >= 0.3 is 6.18 Å². The second-order valence-corrected chi connectivity index (χ2v) is 26.3. The van der Waals surface area contributed by atoms with Crippen molar-refractivity contribution in [2.45, 2.75) is 200 Å². The third kappa shape index (κ3) is 20.0. The van der Waals surface area contributed by atoms with Gasteiger partial charge in [0, 0.05) is 61.3 Å². The fourth-order valence-corrected chi connectivity index (χ4v) is 12.2. The summed E-state index contributed by atoms with van der Waals surface area (Å²) in [6, 6.07) is -4.72. The van der Waals surface area contributed by atoms with Crippen molar-refractivity contribution in [2.75, 3.05) is 68.5 Å². The van der Waals surface area contributed by atoms with Crippen LogP contribution in [0.2, 0.25) is 5.02 Å². The summed E-state index contributed by atoms with van der Waals surface area (Å²) in [4.78, 5) is 166. The van der Waals surface area contributed by atoms with E-state index in [9.17, 15) is 65.9 Å².